The number of hydrogen-bond acceptors (Lipinski definition) is 3. The quantitative estimate of drug-likeness (QED) is 0.879. The van der Waals surface area contributed by atoms with Crippen LogP contribution in [0.3, 0.4) is 0 Å². The first-order chi connectivity index (χ1) is 9.01. The van der Waals surface area contributed by atoms with E-state index in [1.54, 1.807) is 0 Å². The van der Waals surface area contributed by atoms with Crippen molar-refractivity contribution in [3.05, 3.63) is 30.0 Å². The molecule has 0 saturated heterocycles. The van der Waals surface area contributed by atoms with E-state index >= 15 is 0 Å². The van der Waals surface area contributed by atoms with E-state index in [0.29, 0.717) is 0 Å². The molecule has 0 fully saturated rings. The molecule has 0 amide bonds. The Morgan fingerprint density at radius 1 is 1.26 bits per heavy atom. The minimum Gasteiger partial charge on any atom is -0.490 e. The first-order valence-corrected chi connectivity index (χ1v) is 6.88. The highest BCUT2D eigenvalue weighted by Crippen LogP contribution is 2.30. The summed E-state index contributed by atoms with van der Waals surface area (Å²) in [5, 5.41) is 4.61. The van der Waals surface area contributed by atoms with Crippen LogP contribution in [0.5, 0.6) is 5.75 Å². The number of para-hydroxylation sites is 1. The van der Waals surface area contributed by atoms with Crippen LogP contribution >= 0.6 is 0 Å². The van der Waals surface area contributed by atoms with Crippen molar-refractivity contribution in [2.45, 2.75) is 46.2 Å². The van der Waals surface area contributed by atoms with Gasteiger partial charge in [-0.1, -0.05) is 19.1 Å². The van der Waals surface area contributed by atoms with Crippen molar-refractivity contribution in [2.24, 2.45) is 0 Å². The number of rotatable bonds is 5. The molecule has 2 rings (SSSR count). The standard InChI is InChI=1S/C16H23NO2/c1-5-9-18-14-8-6-7-13-12(11-19-15(13)14)10-17-16(2,3)4/h6-8,11,17H,5,9-10H2,1-4H3. The predicted octanol–water partition coefficient (Wildman–Crippen LogP) is 4.11. The lowest BCUT2D eigenvalue weighted by atomic mass is 10.1. The molecule has 0 aliphatic rings. The van der Waals surface area contributed by atoms with Gasteiger partial charge in [-0.2, -0.15) is 0 Å². The average Bonchev–Trinajstić information content (AvgIpc) is 2.76. The van der Waals surface area contributed by atoms with Crippen molar-refractivity contribution in [1.82, 2.24) is 5.32 Å². The molecule has 3 nitrogen and oxygen atoms in total. The third kappa shape index (κ3) is 3.51. The third-order valence-electron chi connectivity index (χ3n) is 2.91. The molecule has 104 valence electrons. The first-order valence-electron chi connectivity index (χ1n) is 6.88. The van der Waals surface area contributed by atoms with Crippen molar-refractivity contribution in [1.29, 1.82) is 0 Å². The molecule has 1 aromatic carbocycles. The zero-order chi connectivity index (χ0) is 13.9. The molecule has 0 unspecified atom stereocenters. The molecule has 1 heterocycles. The molecule has 0 aliphatic carbocycles. The van der Waals surface area contributed by atoms with Gasteiger partial charge in [0, 0.05) is 23.0 Å². The van der Waals surface area contributed by atoms with Crippen LogP contribution in [0.25, 0.3) is 11.0 Å². The fraction of sp³-hybridized carbons (Fsp3) is 0.500. The summed E-state index contributed by atoms with van der Waals surface area (Å²) in [6, 6.07) is 6.06. The van der Waals surface area contributed by atoms with Gasteiger partial charge in [0.2, 0.25) is 0 Å². The summed E-state index contributed by atoms with van der Waals surface area (Å²) in [6.45, 7) is 10.1. The van der Waals surface area contributed by atoms with Crippen molar-refractivity contribution in [2.75, 3.05) is 6.61 Å². The van der Waals surface area contributed by atoms with E-state index < -0.39 is 0 Å². The largest absolute Gasteiger partial charge is 0.490 e. The molecule has 0 spiro atoms. The van der Waals surface area contributed by atoms with Crippen LogP contribution in [-0.2, 0) is 6.54 Å². The fourth-order valence-corrected chi connectivity index (χ4v) is 1.91. The fourth-order valence-electron chi connectivity index (χ4n) is 1.91. The van der Waals surface area contributed by atoms with Gasteiger partial charge in [0.05, 0.1) is 12.9 Å². The van der Waals surface area contributed by atoms with Crippen molar-refractivity contribution in [3.63, 3.8) is 0 Å². The van der Waals surface area contributed by atoms with Gasteiger partial charge in [0.1, 0.15) is 0 Å². The second kappa shape index (κ2) is 5.66. The average molecular weight is 261 g/mol. The maximum Gasteiger partial charge on any atom is 0.176 e. The van der Waals surface area contributed by atoms with Gasteiger partial charge in [0.15, 0.2) is 11.3 Å². The first kappa shape index (κ1) is 13.9. The number of nitrogens with one attached hydrogen (secondary N) is 1. The normalized spacial score (nSPS) is 12.0. The Kier molecular flexibility index (Phi) is 4.15. The van der Waals surface area contributed by atoms with Crippen molar-refractivity contribution >= 4 is 11.0 Å². The summed E-state index contributed by atoms with van der Waals surface area (Å²) in [4.78, 5) is 0. The molecular formula is C16H23NO2. The lowest BCUT2D eigenvalue weighted by Crippen LogP contribution is -2.34. The Bertz CT molecular complexity index is 537. The highest BCUT2D eigenvalue weighted by molar-refractivity contribution is 5.86. The molecule has 19 heavy (non-hydrogen) atoms. The zero-order valence-corrected chi connectivity index (χ0v) is 12.2. The highest BCUT2D eigenvalue weighted by Gasteiger charge is 2.13. The number of benzene rings is 1. The van der Waals surface area contributed by atoms with Crippen molar-refractivity contribution in [3.8, 4) is 5.75 Å². The SMILES string of the molecule is CCCOc1cccc2c(CNC(C)(C)C)coc12. The van der Waals surface area contributed by atoms with Crippen LogP contribution < -0.4 is 10.1 Å². The molecule has 0 saturated carbocycles. The van der Waals surface area contributed by atoms with E-state index in [1.807, 2.05) is 18.4 Å². The van der Waals surface area contributed by atoms with Crippen LogP contribution in [0.4, 0.5) is 0 Å². The second-order valence-electron chi connectivity index (χ2n) is 5.85. The summed E-state index contributed by atoms with van der Waals surface area (Å²) in [6.07, 6.45) is 2.82. The lowest BCUT2D eigenvalue weighted by molar-refractivity contribution is 0.316. The minimum absolute atomic E-state index is 0.0971. The predicted molar refractivity (Wildman–Crippen MR) is 78.6 cm³/mol. The number of furan rings is 1. The van der Waals surface area contributed by atoms with E-state index in [4.69, 9.17) is 9.15 Å². The lowest BCUT2D eigenvalue weighted by Gasteiger charge is -2.19. The van der Waals surface area contributed by atoms with Gasteiger partial charge in [-0.25, -0.2) is 0 Å². The molecule has 3 heteroatoms. The maximum atomic E-state index is 5.71. The van der Waals surface area contributed by atoms with Gasteiger partial charge in [0.25, 0.3) is 0 Å². The summed E-state index contributed by atoms with van der Waals surface area (Å²) in [5.74, 6) is 0.835. The Morgan fingerprint density at radius 2 is 2.05 bits per heavy atom. The maximum absolute atomic E-state index is 5.71. The van der Waals surface area contributed by atoms with Gasteiger partial charge < -0.3 is 14.5 Å². The topological polar surface area (TPSA) is 34.4 Å². The highest BCUT2D eigenvalue weighted by atomic mass is 16.5. The van der Waals surface area contributed by atoms with Crippen LogP contribution in [0.1, 0.15) is 39.7 Å². The summed E-state index contributed by atoms with van der Waals surface area (Å²) >= 11 is 0. The van der Waals surface area contributed by atoms with E-state index in [-0.39, 0.29) is 5.54 Å². The molecule has 1 N–H and O–H groups in total. The zero-order valence-electron chi connectivity index (χ0n) is 12.2. The molecule has 2 aromatic rings. The summed E-state index contributed by atoms with van der Waals surface area (Å²) in [5.41, 5.74) is 2.12. The van der Waals surface area contributed by atoms with Crippen LogP contribution in [0, 0.1) is 0 Å². The van der Waals surface area contributed by atoms with E-state index in [9.17, 15) is 0 Å². The minimum atomic E-state index is 0.0971. The molecule has 0 radical (unpaired) electrons. The monoisotopic (exact) mass is 261 g/mol. The van der Waals surface area contributed by atoms with Crippen molar-refractivity contribution < 1.29 is 9.15 Å². The smallest absolute Gasteiger partial charge is 0.176 e. The van der Waals surface area contributed by atoms with Gasteiger partial charge >= 0.3 is 0 Å². The summed E-state index contributed by atoms with van der Waals surface area (Å²) in [7, 11) is 0. The molecular weight excluding hydrogens is 238 g/mol. The molecule has 0 aliphatic heterocycles. The molecule has 1 aromatic heterocycles. The van der Waals surface area contributed by atoms with Gasteiger partial charge in [-0.3, -0.25) is 0 Å². The Labute approximate surface area is 114 Å². The molecule has 0 bridgehead atoms. The van der Waals surface area contributed by atoms with Gasteiger partial charge in [-0.05, 0) is 33.3 Å². The van der Waals surface area contributed by atoms with E-state index in [1.165, 1.54) is 5.56 Å². The number of fused-ring (bicyclic) bond motifs is 1. The van der Waals surface area contributed by atoms with E-state index in [2.05, 4.69) is 39.1 Å². The van der Waals surface area contributed by atoms with E-state index in [0.717, 1.165) is 36.3 Å². The van der Waals surface area contributed by atoms with Crippen LogP contribution in [0.15, 0.2) is 28.9 Å². The summed E-state index contributed by atoms with van der Waals surface area (Å²) < 4.78 is 11.4. The third-order valence-corrected chi connectivity index (χ3v) is 2.91. The molecule has 0 atom stereocenters. The Morgan fingerprint density at radius 3 is 2.74 bits per heavy atom. The number of hydrogen-bond donors (Lipinski definition) is 1. The number of ether oxygens (including phenoxy) is 1. The second-order valence-corrected chi connectivity index (χ2v) is 5.85. The van der Waals surface area contributed by atoms with Gasteiger partial charge in [-0.15, -0.1) is 0 Å². The van der Waals surface area contributed by atoms with Crippen LogP contribution in [-0.4, -0.2) is 12.1 Å². The van der Waals surface area contributed by atoms with Crippen LogP contribution in [0.2, 0.25) is 0 Å². The Hall–Kier alpha value is -1.48. The Balaban J connectivity index is 2.23.